The quantitative estimate of drug-likeness (QED) is 0.753. The summed E-state index contributed by atoms with van der Waals surface area (Å²) in [6, 6.07) is -1.47. The molecule has 104 valence electrons. The van der Waals surface area contributed by atoms with E-state index in [9.17, 15) is 22.0 Å². The maximum atomic E-state index is 13.8. The number of hydrogen-bond donors (Lipinski definition) is 1. The Morgan fingerprint density at radius 2 is 1.35 bits per heavy atom. The molecule has 0 amide bonds. The van der Waals surface area contributed by atoms with Crippen molar-refractivity contribution >= 4 is 0 Å². The molecule has 0 rings (SSSR count). The fourth-order valence-electron chi connectivity index (χ4n) is 2.71. The summed E-state index contributed by atoms with van der Waals surface area (Å²) in [5.41, 5.74) is 3.50. The second kappa shape index (κ2) is 5.50. The van der Waals surface area contributed by atoms with E-state index in [-0.39, 0.29) is 0 Å². The SMILES string of the molecule is CC(C)C(C(C)C)(C(N)CF)C(F)C(F)(F)F. The normalized spacial score (nSPS) is 17.6. The first-order valence-corrected chi connectivity index (χ1v) is 5.55. The van der Waals surface area contributed by atoms with E-state index in [1.807, 2.05) is 0 Å². The molecule has 0 aromatic heterocycles. The van der Waals surface area contributed by atoms with Crippen LogP contribution in [-0.2, 0) is 0 Å². The zero-order valence-electron chi connectivity index (χ0n) is 10.5. The molecule has 0 fully saturated rings. The first kappa shape index (κ1) is 16.6. The lowest BCUT2D eigenvalue weighted by Gasteiger charge is -2.47. The fourth-order valence-corrected chi connectivity index (χ4v) is 2.71. The van der Waals surface area contributed by atoms with Crippen molar-refractivity contribution in [2.75, 3.05) is 6.67 Å². The Kier molecular flexibility index (Phi) is 5.38. The molecule has 2 unspecified atom stereocenters. The van der Waals surface area contributed by atoms with Crippen LogP contribution >= 0.6 is 0 Å². The molecule has 0 saturated heterocycles. The molecular formula is C11H20F5N. The van der Waals surface area contributed by atoms with Gasteiger partial charge in [0, 0.05) is 11.5 Å². The summed E-state index contributed by atoms with van der Waals surface area (Å²) in [5.74, 6) is -1.44. The van der Waals surface area contributed by atoms with Gasteiger partial charge in [0.05, 0.1) is 0 Å². The topological polar surface area (TPSA) is 26.0 Å². The first-order valence-electron chi connectivity index (χ1n) is 5.55. The zero-order chi connectivity index (χ0) is 14.0. The summed E-state index contributed by atoms with van der Waals surface area (Å²) in [5, 5.41) is 0. The summed E-state index contributed by atoms with van der Waals surface area (Å²) in [7, 11) is 0. The summed E-state index contributed by atoms with van der Waals surface area (Å²) in [6.07, 6.45) is -8.15. The van der Waals surface area contributed by atoms with Crippen molar-refractivity contribution in [2.45, 2.75) is 46.1 Å². The molecule has 2 atom stereocenters. The van der Waals surface area contributed by atoms with E-state index in [1.54, 1.807) is 0 Å². The van der Waals surface area contributed by atoms with Gasteiger partial charge in [-0.05, 0) is 11.8 Å². The minimum absolute atomic E-state index is 0.718. The highest BCUT2D eigenvalue weighted by molar-refractivity contribution is 5.01. The Morgan fingerprint density at radius 1 is 1.00 bits per heavy atom. The highest BCUT2D eigenvalue weighted by atomic mass is 19.4. The minimum atomic E-state index is -5.03. The van der Waals surface area contributed by atoms with Crippen molar-refractivity contribution in [2.24, 2.45) is 23.0 Å². The standard InChI is InChI=1S/C11H20F5N/c1-6(2)10(7(3)4,8(17)5-12)9(13)11(14,15)16/h6-9H,5,17H2,1-4H3. The zero-order valence-corrected chi connectivity index (χ0v) is 10.5. The van der Waals surface area contributed by atoms with Crippen LogP contribution in [0.3, 0.4) is 0 Å². The lowest BCUT2D eigenvalue weighted by atomic mass is 9.61. The van der Waals surface area contributed by atoms with Crippen LogP contribution in [0.25, 0.3) is 0 Å². The second-order valence-corrected chi connectivity index (χ2v) is 4.97. The highest BCUT2D eigenvalue weighted by Crippen LogP contribution is 2.49. The van der Waals surface area contributed by atoms with Gasteiger partial charge in [-0.2, -0.15) is 13.2 Å². The van der Waals surface area contributed by atoms with Gasteiger partial charge >= 0.3 is 6.18 Å². The van der Waals surface area contributed by atoms with E-state index in [2.05, 4.69) is 0 Å². The molecule has 0 heterocycles. The highest BCUT2D eigenvalue weighted by Gasteiger charge is 2.60. The van der Waals surface area contributed by atoms with Crippen LogP contribution in [-0.4, -0.2) is 25.1 Å². The molecule has 6 heteroatoms. The van der Waals surface area contributed by atoms with Crippen molar-refractivity contribution in [1.82, 2.24) is 0 Å². The van der Waals surface area contributed by atoms with Gasteiger partial charge in [-0.3, -0.25) is 0 Å². The van der Waals surface area contributed by atoms with Gasteiger partial charge in [0.1, 0.15) is 6.67 Å². The summed E-state index contributed by atoms with van der Waals surface area (Å²) < 4.78 is 64.3. The van der Waals surface area contributed by atoms with Crippen molar-refractivity contribution < 1.29 is 22.0 Å². The Bertz CT molecular complexity index is 229. The third-order valence-corrected chi connectivity index (χ3v) is 3.53. The number of halogens is 5. The molecule has 0 aliphatic heterocycles. The number of rotatable bonds is 5. The van der Waals surface area contributed by atoms with Gasteiger partial charge in [0.15, 0.2) is 0 Å². The Hall–Kier alpha value is -0.390. The Balaban J connectivity index is 5.65. The predicted molar refractivity (Wildman–Crippen MR) is 57.0 cm³/mol. The number of nitrogens with two attached hydrogens (primary N) is 1. The Morgan fingerprint density at radius 3 is 1.53 bits per heavy atom. The molecule has 0 aromatic carbocycles. The van der Waals surface area contributed by atoms with Crippen LogP contribution in [0, 0.1) is 17.3 Å². The molecule has 0 aliphatic rings. The van der Waals surface area contributed by atoms with E-state index in [4.69, 9.17) is 5.73 Å². The molecule has 1 nitrogen and oxygen atoms in total. The number of alkyl halides is 5. The molecule has 0 saturated carbocycles. The minimum Gasteiger partial charge on any atom is -0.325 e. The average molecular weight is 261 g/mol. The van der Waals surface area contributed by atoms with Gasteiger partial charge in [-0.1, -0.05) is 27.7 Å². The van der Waals surface area contributed by atoms with E-state index in [1.165, 1.54) is 27.7 Å². The maximum Gasteiger partial charge on any atom is 0.420 e. The van der Waals surface area contributed by atoms with Crippen molar-refractivity contribution in [3.05, 3.63) is 0 Å². The van der Waals surface area contributed by atoms with Gasteiger partial charge < -0.3 is 5.73 Å². The molecule has 0 radical (unpaired) electrons. The molecule has 0 aromatic rings. The molecule has 0 bridgehead atoms. The fraction of sp³-hybridized carbons (Fsp3) is 1.00. The predicted octanol–water partition coefficient (Wildman–Crippen LogP) is 3.48. The molecule has 0 aliphatic carbocycles. The molecule has 17 heavy (non-hydrogen) atoms. The van der Waals surface area contributed by atoms with Crippen molar-refractivity contribution in [1.29, 1.82) is 0 Å². The monoisotopic (exact) mass is 261 g/mol. The van der Waals surface area contributed by atoms with E-state index >= 15 is 0 Å². The molecule has 2 N–H and O–H groups in total. The van der Waals surface area contributed by atoms with E-state index in [0.717, 1.165) is 0 Å². The van der Waals surface area contributed by atoms with Crippen LogP contribution < -0.4 is 5.73 Å². The van der Waals surface area contributed by atoms with Crippen LogP contribution in [0.4, 0.5) is 22.0 Å². The average Bonchev–Trinajstić information content (AvgIpc) is 2.15. The summed E-state index contributed by atoms with van der Waals surface area (Å²) >= 11 is 0. The summed E-state index contributed by atoms with van der Waals surface area (Å²) in [4.78, 5) is 0. The molecular weight excluding hydrogens is 241 g/mol. The smallest absolute Gasteiger partial charge is 0.325 e. The van der Waals surface area contributed by atoms with Gasteiger partial charge in [0.25, 0.3) is 0 Å². The van der Waals surface area contributed by atoms with Crippen molar-refractivity contribution in [3.8, 4) is 0 Å². The maximum absolute atomic E-state index is 13.8. The molecule has 0 spiro atoms. The van der Waals surface area contributed by atoms with E-state index in [0.29, 0.717) is 0 Å². The third-order valence-electron chi connectivity index (χ3n) is 3.53. The lowest BCUT2D eigenvalue weighted by Crippen LogP contribution is -2.60. The van der Waals surface area contributed by atoms with Crippen molar-refractivity contribution in [3.63, 3.8) is 0 Å². The largest absolute Gasteiger partial charge is 0.420 e. The summed E-state index contributed by atoms with van der Waals surface area (Å²) in [6.45, 7) is 4.58. The van der Waals surface area contributed by atoms with Crippen LogP contribution in [0.15, 0.2) is 0 Å². The van der Waals surface area contributed by atoms with Crippen LogP contribution in [0.1, 0.15) is 27.7 Å². The second-order valence-electron chi connectivity index (χ2n) is 4.97. The number of hydrogen-bond acceptors (Lipinski definition) is 1. The van der Waals surface area contributed by atoms with Gasteiger partial charge in [-0.15, -0.1) is 0 Å². The Labute approximate surface area is 98.6 Å². The van der Waals surface area contributed by atoms with Crippen LogP contribution in [0.5, 0.6) is 0 Å². The van der Waals surface area contributed by atoms with E-state index < -0.39 is 42.3 Å². The van der Waals surface area contributed by atoms with Gasteiger partial charge in [-0.25, -0.2) is 8.78 Å². The van der Waals surface area contributed by atoms with Gasteiger partial charge in [0.2, 0.25) is 6.17 Å². The lowest BCUT2D eigenvalue weighted by molar-refractivity contribution is -0.234. The third kappa shape index (κ3) is 2.89. The van der Waals surface area contributed by atoms with Crippen LogP contribution in [0.2, 0.25) is 0 Å². The first-order chi connectivity index (χ1) is 7.52.